The molecule has 1 aromatic carbocycles. The highest BCUT2D eigenvalue weighted by Gasteiger charge is 2.20. The van der Waals surface area contributed by atoms with Gasteiger partial charge in [0.05, 0.1) is 25.0 Å². The molecule has 0 spiro atoms. The summed E-state index contributed by atoms with van der Waals surface area (Å²) in [6, 6.07) is 3.28. The fraction of sp³-hybridized carbons (Fsp3) is 0.385. The van der Waals surface area contributed by atoms with Crippen molar-refractivity contribution in [3.05, 3.63) is 22.7 Å². The number of halogens is 1. The molecule has 0 bridgehead atoms. The fourth-order valence-corrected chi connectivity index (χ4v) is 1.78. The van der Waals surface area contributed by atoms with E-state index in [9.17, 15) is 4.79 Å². The molecule has 7 heteroatoms. The summed E-state index contributed by atoms with van der Waals surface area (Å²) in [5.74, 6) is 5.29. The van der Waals surface area contributed by atoms with Gasteiger partial charge >= 0.3 is 5.97 Å². The van der Waals surface area contributed by atoms with Crippen LogP contribution in [0.15, 0.2) is 17.2 Å². The molecule has 0 aliphatic carbocycles. The van der Waals surface area contributed by atoms with Gasteiger partial charge in [0.15, 0.2) is 17.6 Å². The first-order valence-electron chi connectivity index (χ1n) is 5.97. The average Bonchev–Trinajstić information content (AvgIpc) is 2.42. The molecular weight excluding hydrogens is 284 g/mol. The van der Waals surface area contributed by atoms with E-state index in [-0.39, 0.29) is 5.75 Å². The Balaban J connectivity index is 3.13. The van der Waals surface area contributed by atoms with Crippen molar-refractivity contribution in [1.29, 1.82) is 0 Å². The molecule has 0 aliphatic rings. The van der Waals surface area contributed by atoms with Gasteiger partial charge in [-0.05, 0) is 31.5 Å². The van der Waals surface area contributed by atoms with Crippen molar-refractivity contribution < 1.29 is 19.0 Å². The summed E-state index contributed by atoms with van der Waals surface area (Å²) in [6.45, 7) is 3.81. The maximum absolute atomic E-state index is 11.4. The lowest BCUT2D eigenvalue weighted by Crippen LogP contribution is -2.25. The predicted molar refractivity (Wildman–Crippen MR) is 76.5 cm³/mol. The number of nitrogens with zero attached hydrogens (tertiary/aromatic N) is 1. The molecular formula is C13H17ClN2O4. The van der Waals surface area contributed by atoms with E-state index < -0.39 is 12.1 Å². The van der Waals surface area contributed by atoms with Crippen molar-refractivity contribution in [3.63, 3.8) is 0 Å². The lowest BCUT2D eigenvalue weighted by molar-refractivity contribution is -0.147. The summed E-state index contributed by atoms with van der Waals surface area (Å²) >= 11 is 6.14. The van der Waals surface area contributed by atoms with Gasteiger partial charge in [0.2, 0.25) is 0 Å². The molecule has 0 saturated carbocycles. The summed E-state index contributed by atoms with van der Waals surface area (Å²) in [5, 5.41) is 3.72. The summed E-state index contributed by atoms with van der Waals surface area (Å²) in [5.41, 5.74) is 0.666. The van der Waals surface area contributed by atoms with Crippen LogP contribution in [0.1, 0.15) is 19.4 Å². The molecule has 1 unspecified atom stereocenters. The number of hydrazone groups is 1. The Kier molecular flexibility index (Phi) is 6.11. The average molecular weight is 301 g/mol. The van der Waals surface area contributed by atoms with Crippen LogP contribution in [0.4, 0.5) is 0 Å². The third kappa shape index (κ3) is 4.03. The SMILES string of the molecule is CCOc1cc(C=NN)cc(Cl)c1OC(C)C(=O)OC. The van der Waals surface area contributed by atoms with E-state index in [0.717, 1.165) is 0 Å². The lowest BCUT2D eigenvalue weighted by atomic mass is 10.2. The Morgan fingerprint density at radius 3 is 2.80 bits per heavy atom. The monoisotopic (exact) mass is 300 g/mol. The van der Waals surface area contributed by atoms with E-state index in [1.54, 1.807) is 19.1 Å². The maximum atomic E-state index is 11.4. The largest absolute Gasteiger partial charge is 0.490 e. The van der Waals surface area contributed by atoms with Crippen LogP contribution in [0.3, 0.4) is 0 Å². The van der Waals surface area contributed by atoms with Gasteiger partial charge in [-0.3, -0.25) is 0 Å². The molecule has 20 heavy (non-hydrogen) atoms. The number of hydrogen-bond acceptors (Lipinski definition) is 6. The van der Waals surface area contributed by atoms with Gasteiger partial charge in [0, 0.05) is 0 Å². The molecule has 1 aromatic rings. The van der Waals surface area contributed by atoms with Gasteiger partial charge in [-0.2, -0.15) is 5.10 Å². The number of ether oxygens (including phenoxy) is 3. The standard InChI is InChI=1S/C13H17ClN2O4/c1-4-19-11-6-9(7-16-15)5-10(14)12(11)20-8(2)13(17)18-3/h5-8H,4,15H2,1-3H3. The number of benzene rings is 1. The number of carbonyl (C=O) groups is 1. The molecule has 1 rings (SSSR count). The van der Waals surface area contributed by atoms with Gasteiger partial charge in [-0.15, -0.1) is 0 Å². The Hall–Kier alpha value is -1.95. The minimum Gasteiger partial charge on any atom is -0.490 e. The first-order valence-corrected chi connectivity index (χ1v) is 6.35. The fourth-order valence-electron chi connectivity index (χ4n) is 1.52. The number of nitrogens with two attached hydrogens (primary N) is 1. The normalized spacial score (nSPS) is 12.2. The summed E-state index contributed by atoms with van der Waals surface area (Å²) in [4.78, 5) is 11.4. The molecule has 0 saturated heterocycles. The Morgan fingerprint density at radius 2 is 2.25 bits per heavy atom. The zero-order valence-electron chi connectivity index (χ0n) is 11.6. The number of carbonyl (C=O) groups excluding carboxylic acids is 1. The third-order valence-electron chi connectivity index (χ3n) is 2.38. The van der Waals surface area contributed by atoms with Gasteiger partial charge in [0.25, 0.3) is 0 Å². The van der Waals surface area contributed by atoms with Gasteiger partial charge in [-0.1, -0.05) is 11.6 Å². The number of hydrogen-bond donors (Lipinski definition) is 1. The summed E-state index contributed by atoms with van der Waals surface area (Å²) in [6.07, 6.45) is 0.632. The van der Waals surface area contributed by atoms with E-state index in [2.05, 4.69) is 9.84 Å². The third-order valence-corrected chi connectivity index (χ3v) is 2.66. The number of esters is 1. The van der Waals surface area contributed by atoms with Crippen molar-refractivity contribution >= 4 is 23.8 Å². The Bertz CT molecular complexity index is 505. The molecule has 0 radical (unpaired) electrons. The predicted octanol–water partition coefficient (Wildman–Crippen LogP) is 1.97. The topological polar surface area (TPSA) is 83.1 Å². The number of methoxy groups -OCH3 is 1. The molecule has 0 aromatic heterocycles. The Labute approximate surface area is 122 Å². The summed E-state index contributed by atoms with van der Waals surface area (Å²) < 4.78 is 15.6. The first kappa shape index (κ1) is 16.1. The van der Waals surface area contributed by atoms with Gasteiger partial charge < -0.3 is 20.1 Å². The van der Waals surface area contributed by atoms with Gasteiger partial charge in [0.1, 0.15) is 0 Å². The van der Waals surface area contributed by atoms with E-state index in [0.29, 0.717) is 22.9 Å². The van der Waals surface area contributed by atoms with Crippen LogP contribution in [0, 0.1) is 0 Å². The second kappa shape index (κ2) is 7.59. The van der Waals surface area contributed by atoms with Crippen LogP contribution in [0.5, 0.6) is 11.5 Å². The van der Waals surface area contributed by atoms with E-state index in [1.165, 1.54) is 13.3 Å². The van der Waals surface area contributed by atoms with Crippen LogP contribution in [0.2, 0.25) is 5.02 Å². The van der Waals surface area contributed by atoms with Crippen molar-refractivity contribution in [2.75, 3.05) is 13.7 Å². The van der Waals surface area contributed by atoms with Crippen LogP contribution in [-0.2, 0) is 9.53 Å². The van der Waals surface area contributed by atoms with E-state index in [4.69, 9.17) is 26.9 Å². The maximum Gasteiger partial charge on any atom is 0.346 e. The zero-order valence-corrected chi connectivity index (χ0v) is 12.3. The van der Waals surface area contributed by atoms with Crippen LogP contribution in [-0.4, -0.2) is 32.0 Å². The van der Waals surface area contributed by atoms with Crippen molar-refractivity contribution in [3.8, 4) is 11.5 Å². The molecule has 0 aliphatic heterocycles. The lowest BCUT2D eigenvalue weighted by Gasteiger charge is -2.17. The minimum atomic E-state index is -0.800. The second-order valence-corrected chi connectivity index (χ2v) is 4.23. The molecule has 0 heterocycles. The molecule has 2 N–H and O–H groups in total. The summed E-state index contributed by atoms with van der Waals surface area (Å²) in [7, 11) is 1.29. The van der Waals surface area contributed by atoms with E-state index in [1.807, 2.05) is 6.92 Å². The van der Waals surface area contributed by atoms with Crippen LogP contribution >= 0.6 is 11.6 Å². The molecule has 110 valence electrons. The molecule has 6 nitrogen and oxygen atoms in total. The van der Waals surface area contributed by atoms with Gasteiger partial charge in [-0.25, -0.2) is 4.79 Å². The minimum absolute atomic E-state index is 0.278. The second-order valence-electron chi connectivity index (χ2n) is 3.82. The quantitative estimate of drug-likeness (QED) is 0.376. The zero-order chi connectivity index (χ0) is 15.1. The molecule has 0 amide bonds. The highest BCUT2D eigenvalue weighted by Crippen LogP contribution is 2.37. The highest BCUT2D eigenvalue weighted by molar-refractivity contribution is 6.32. The van der Waals surface area contributed by atoms with Crippen LogP contribution in [0.25, 0.3) is 0 Å². The first-order chi connectivity index (χ1) is 9.53. The highest BCUT2D eigenvalue weighted by atomic mass is 35.5. The van der Waals surface area contributed by atoms with Crippen LogP contribution < -0.4 is 15.3 Å². The van der Waals surface area contributed by atoms with Crippen molar-refractivity contribution in [1.82, 2.24) is 0 Å². The number of rotatable bonds is 6. The molecule has 1 atom stereocenters. The molecule has 0 fully saturated rings. The van der Waals surface area contributed by atoms with Crippen molar-refractivity contribution in [2.24, 2.45) is 10.9 Å². The van der Waals surface area contributed by atoms with E-state index >= 15 is 0 Å². The smallest absolute Gasteiger partial charge is 0.346 e. The van der Waals surface area contributed by atoms with Crippen molar-refractivity contribution in [2.45, 2.75) is 20.0 Å². The Morgan fingerprint density at radius 1 is 1.55 bits per heavy atom.